The van der Waals surface area contributed by atoms with Crippen LogP contribution in [0.4, 0.5) is 4.39 Å². The van der Waals surface area contributed by atoms with Gasteiger partial charge in [-0.15, -0.1) is 0 Å². The van der Waals surface area contributed by atoms with Crippen molar-refractivity contribution in [2.24, 2.45) is 4.99 Å². The van der Waals surface area contributed by atoms with Crippen LogP contribution in [0.15, 0.2) is 33.8 Å². The molecule has 0 radical (unpaired) electrons. The number of hydrogen-bond acceptors (Lipinski definition) is 5. The Hall–Kier alpha value is -2.61. The first-order chi connectivity index (χ1) is 15.3. The molecular formula is C24H36FN5O2. The molecule has 176 valence electrons. The number of likely N-dealkylation sites (tertiary alicyclic amines) is 1. The fourth-order valence-corrected chi connectivity index (χ4v) is 3.69. The van der Waals surface area contributed by atoms with Gasteiger partial charge in [-0.25, -0.2) is 14.4 Å². The van der Waals surface area contributed by atoms with Crippen LogP contribution in [0.2, 0.25) is 0 Å². The quantitative estimate of drug-likeness (QED) is 0.498. The highest BCUT2D eigenvalue weighted by Gasteiger charge is 2.21. The molecule has 2 aromatic rings. The summed E-state index contributed by atoms with van der Waals surface area (Å²) in [6.07, 6.45) is 3.78. The molecule has 1 aliphatic rings. The van der Waals surface area contributed by atoms with Crippen LogP contribution in [-0.2, 0) is 18.5 Å². The number of hydrogen-bond donors (Lipinski definition) is 2. The number of ether oxygens (including phenoxy) is 1. The van der Waals surface area contributed by atoms with Gasteiger partial charge in [0.2, 0.25) is 5.89 Å². The van der Waals surface area contributed by atoms with Crippen molar-refractivity contribution in [1.29, 1.82) is 0 Å². The molecule has 3 rings (SSSR count). The highest BCUT2D eigenvalue weighted by molar-refractivity contribution is 5.80. The Kier molecular flexibility index (Phi) is 8.12. The second-order valence-electron chi connectivity index (χ2n) is 9.23. The molecule has 32 heavy (non-hydrogen) atoms. The van der Waals surface area contributed by atoms with Gasteiger partial charge in [0.15, 0.2) is 17.5 Å². The highest BCUT2D eigenvalue weighted by Crippen LogP contribution is 2.23. The Balaban J connectivity index is 1.50. The second kappa shape index (κ2) is 10.8. The maximum absolute atomic E-state index is 14.0. The summed E-state index contributed by atoms with van der Waals surface area (Å²) in [5.41, 5.74) is 0.897. The van der Waals surface area contributed by atoms with Gasteiger partial charge in [0.25, 0.3) is 0 Å². The van der Waals surface area contributed by atoms with E-state index in [1.807, 2.05) is 6.07 Å². The molecule has 0 amide bonds. The largest absolute Gasteiger partial charge is 0.494 e. The number of nitrogens with zero attached hydrogens (tertiary/aromatic N) is 3. The maximum Gasteiger partial charge on any atom is 0.216 e. The van der Waals surface area contributed by atoms with Gasteiger partial charge in [-0.2, -0.15) is 0 Å². The lowest BCUT2D eigenvalue weighted by atomic mass is 9.94. The molecule has 1 aliphatic heterocycles. The van der Waals surface area contributed by atoms with Crippen molar-refractivity contribution in [3.05, 3.63) is 47.4 Å². The number of aliphatic imine (C=N–C) groups is 1. The average Bonchev–Trinajstić information content (AvgIpc) is 3.23. The summed E-state index contributed by atoms with van der Waals surface area (Å²) in [6, 6.07) is 5.52. The van der Waals surface area contributed by atoms with Gasteiger partial charge in [0.05, 0.1) is 13.3 Å². The Morgan fingerprint density at radius 3 is 2.66 bits per heavy atom. The lowest BCUT2D eigenvalue weighted by Gasteiger charge is -2.33. The van der Waals surface area contributed by atoms with Crippen LogP contribution in [0, 0.1) is 5.82 Å². The summed E-state index contributed by atoms with van der Waals surface area (Å²) in [7, 11) is 1.48. The lowest BCUT2D eigenvalue weighted by molar-refractivity contribution is 0.198. The summed E-state index contributed by atoms with van der Waals surface area (Å²) < 4.78 is 24.8. The van der Waals surface area contributed by atoms with Gasteiger partial charge in [0, 0.05) is 37.6 Å². The minimum atomic E-state index is -0.311. The van der Waals surface area contributed by atoms with E-state index in [4.69, 9.17) is 9.15 Å². The fraction of sp³-hybridized carbons (Fsp3) is 0.583. The summed E-state index contributed by atoms with van der Waals surface area (Å²) in [6.45, 7) is 12.2. The number of nitrogens with one attached hydrogen (secondary N) is 2. The monoisotopic (exact) mass is 445 g/mol. The molecule has 0 atom stereocenters. The molecule has 0 unspecified atom stereocenters. The van der Waals surface area contributed by atoms with E-state index in [2.05, 4.69) is 53.2 Å². The van der Waals surface area contributed by atoms with Crippen molar-refractivity contribution in [1.82, 2.24) is 20.5 Å². The Bertz CT molecular complexity index is 898. The fourth-order valence-electron chi connectivity index (χ4n) is 3.69. The van der Waals surface area contributed by atoms with Gasteiger partial charge in [-0.3, -0.25) is 4.90 Å². The summed E-state index contributed by atoms with van der Waals surface area (Å²) in [5.74, 6) is 2.23. The molecule has 1 aromatic carbocycles. The van der Waals surface area contributed by atoms with Gasteiger partial charge in [0.1, 0.15) is 12.3 Å². The van der Waals surface area contributed by atoms with Gasteiger partial charge >= 0.3 is 0 Å². The molecule has 8 heteroatoms. The first-order valence-corrected chi connectivity index (χ1v) is 11.3. The van der Waals surface area contributed by atoms with Crippen molar-refractivity contribution >= 4 is 5.96 Å². The van der Waals surface area contributed by atoms with Crippen LogP contribution >= 0.6 is 0 Å². The average molecular weight is 446 g/mol. The third-order valence-electron chi connectivity index (χ3n) is 5.56. The molecule has 1 saturated heterocycles. The van der Waals surface area contributed by atoms with Crippen molar-refractivity contribution in [3.8, 4) is 5.75 Å². The number of halogens is 1. The molecule has 0 bridgehead atoms. The number of methoxy groups -OCH3 is 1. The standard InChI is InChI=1S/C24H36FN5O2/c1-6-26-23(28-15-22-27-14-21(32-22)24(2,3)4)29-18-9-11-30(12-10-18)16-17-7-8-20(31-5)19(25)13-17/h7-8,13-14,18H,6,9-12,15-16H2,1-5H3,(H2,26,28,29). The third-order valence-corrected chi connectivity index (χ3v) is 5.56. The van der Waals surface area contributed by atoms with Gasteiger partial charge in [-0.05, 0) is 37.5 Å². The summed E-state index contributed by atoms with van der Waals surface area (Å²) in [4.78, 5) is 11.4. The zero-order valence-corrected chi connectivity index (χ0v) is 19.9. The predicted octanol–water partition coefficient (Wildman–Crippen LogP) is 3.84. The van der Waals surface area contributed by atoms with Crippen LogP contribution in [0.1, 0.15) is 57.8 Å². The third kappa shape index (κ3) is 6.69. The molecule has 0 spiro atoms. The van der Waals surface area contributed by atoms with E-state index in [0.29, 0.717) is 18.5 Å². The zero-order chi connectivity index (χ0) is 23.1. The van der Waals surface area contributed by atoms with Gasteiger partial charge < -0.3 is 19.8 Å². The molecule has 1 fully saturated rings. The van der Waals surface area contributed by atoms with Crippen molar-refractivity contribution in [2.75, 3.05) is 26.7 Å². The Morgan fingerprint density at radius 1 is 1.31 bits per heavy atom. The van der Waals surface area contributed by atoms with Crippen LogP contribution in [-0.4, -0.2) is 48.6 Å². The molecule has 2 N–H and O–H groups in total. The second-order valence-corrected chi connectivity index (χ2v) is 9.23. The van der Waals surface area contributed by atoms with Crippen molar-refractivity contribution in [3.63, 3.8) is 0 Å². The lowest BCUT2D eigenvalue weighted by Crippen LogP contribution is -2.48. The number of aromatic nitrogens is 1. The molecule has 0 saturated carbocycles. The number of piperidine rings is 1. The minimum Gasteiger partial charge on any atom is -0.494 e. The predicted molar refractivity (Wildman–Crippen MR) is 124 cm³/mol. The van der Waals surface area contributed by atoms with Gasteiger partial charge in [-0.1, -0.05) is 26.8 Å². The summed E-state index contributed by atoms with van der Waals surface area (Å²) in [5, 5.41) is 6.85. The van der Waals surface area contributed by atoms with E-state index in [0.717, 1.165) is 56.3 Å². The van der Waals surface area contributed by atoms with Crippen molar-refractivity contribution < 1.29 is 13.5 Å². The topological polar surface area (TPSA) is 74.9 Å². The molecule has 0 aliphatic carbocycles. The number of rotatable bonds is 7. The first kappa shape index (κ1) is 24.0. The van der Waals surface area contributed by atoms with E-state index in [1.165, 1.54) is 7.11 Å². The number of oxazole rings is 1. The minimum absolute atomic E-state index is 0.0662. The SMILES string of the molecule is CCNC(=NCc1ncc(C(C)(C)C)o1)NC1CCN(Cc2ccc(OC)c(F)c2)CC1. The van der Waals surface area contributed by atoms with Crippen molar-refractivity contribution in [2.45, 2.75) is 65.1 Å². The first-order valence-electron chi connectivity index (χ1n) is 11.3. The van der Waals surface area contributed by atoms with Crippen LogP contribution in [0.25, 0.3) is 0 Å². The smallest absolute Gasteiger partial charge is 0.216 e. The highest BCUT2D eigenvalue weighted by atomic mass is 19.1. The normalized spacial score (nSPS) is 16.2. The zero-order valence-electron chi connectivity index (χ0n) is 19.9. The van der Waals surface area contributed by atoms with E-state index in [9.17, 15) is 4.39 Å². The van der Waals surface area contributed by atoms with E-state index in [-0.39, 0.29) is 17.0 Å². The molecular weight excluding hydrogens is 409 g/mol. The summed E-state index contributed by atoms with van der Waals surface area (Å²) >= 11 is 0. The Morgan fingerprint density at radius 2 is 2.06 bits per heavy atom. The molecule has 1 aromatic heterocycles. The Labute approximate surface area is 190 Å². The molecule has 2 heterocycles. The number of guanidine groups is 1. The molecule has 7 nitrogen and oxygen atoms in total. The maximum atomic E-state index is 14.0. The van der Waals surface area contributed by atoms with Crippen LogP contribution in [0.5, 0.6) is 5.75 Å². The van der Waals surface area contributed by atoms with E-state index in [1.54, 1.807) is 18.3 Å². The van der Waals surface area contributed by atoms with E-state index < -0.39 is 0 Å². The van der Waals surface area contributed by atoms with E-state index >= 15 is 0 Å². The van der Waals surface area contributed by atoms with Crippen LogP contribution < -0.4 is 15.4 Å². The number of benzene rings is 1. The van der Waals surface area contributed by atoms with Crippen LogP contribution in [0.3, 0.4) is 0 Å².